The van der Waals surface area contributed by atoms with Crippen molar-refractivity contribution in [3.05, 3.63) is 42.7 Å². The normalized spacial score (nSPS) is 12.6. The summed E-state index contributed by atoms with van der Waals surface area (Å²) in [6.45, 7) is 44.3. The number of esters is 1. The number of rotatable bonds is 41. The molecule has 458 valence electrons. The van der Waals surface area contributed by atoms with E-state index >= 15 is 0 Å². The lowest BCUT2D eigenvalue weighted by molar-refractivity contribution is -0.472. The maximum Gasteiger partial charge on any atom is 0.347 e. The molecule has 78 heavy (non-hydrogen) atoms. The van der Waals surface area contributed by atoms with Gasteiger partial charge < -0.3 is 43.1 Å². The number of hydrogen-bond donors (Lipinski definition) is 2. The zero-order valence-corrected chi connectivity index (χ0v) is 53.9. The molecule has 0 spiro atoms. The Morgan fingerprint density at radius 2 is 1.12 bits per heavy atom. The molecule has 2 rings (SSSR count). The number of nitrogens with zero attached hydrogens (tertiary/aromatic N) is 9. The predicted molar refractivity (Wildman–Crippen MR) is 331 cm³/mol. The fourth-order valence-electron chi connectivity index (χ4n) is 8.30. The first-order valence-electron chi connectivity index (χ1n) is 30.5. The van der Waals surface area contributed by atoms with Crippen molar-refractivity contribution in [2.24, 2.45) is 0 Å². The highest BCUT2D eigenvalue weighted by Crippen LogP contribution is 2.11. The van der Waals surface area contributed by atoms with Crippen molar-refractivity contribution < 1.29 is 32.0 Å². The minimum atomic E-state index is -1.46. The second kappa shape index (κ2) is 52.8. The van der Waals surface area contributed by atoms with Crippen LogP contribution in [0.5, 0.6) is 5.75 Å². The standard InChI is InChI=1S/C17H30N2O2S.C16H36N4.C14H30N4.C13H25NO4/c1-3-5-14-19(15-6-4-2)16-10-13-18-22(20)21-17-11-8-7-9-12-17;1-7-9-13-20(14-10-8-2)15-11-12-17-16(18(3)4)19(5)6;1-5-15(6-2)9-10-17-11-12-18(14-17)13-16(7-3)8-4;1-5-7-9-14(11(3)15)10-8-13(17-6-2)18-12(4)16/h7-9,11-12,18H,3-6,10,13-16H2,1-2H3;7-15H2,1-6H3;11-12H,5-10,13-14H2,1-4H3;13H,5-10H2,1-4H3/p+1. The average Bonchev–Trinajstić information content (AvgIpc) is 3.87. The minimum absolute atomic E-state index is 0.0431. The third-order valence-corrected chi connectivity index (χ3v) is 13.9. The molecular formula is C60H122N11O6S+. The molecule has 2 unspecified atom stereocenters. The van der Waals surface area contributed by atoms with Crippen LogP contribution in [0.4, 0.5) is 0 Å². The maximum atomic E-state index is 11.8. The van der Waals surface area contributed by atoms with E-state index in [9.17, 15) is 13.8 Å². The highest BCUT2D eigenvalue weighted by Gasteiger charge is 2.17. The molecule has 2 N–H and O–H groups in total. The fraction of sp³-hybridized carbons (Fsp3) is 0.817. The number of carbonyl (C=O) groups excluding carboxylic acids is 2. The molecule has 1 heterocycles. The monoisotopic (exact) mass is 1120 g/mol. The summed E-state index contributed by atoms with van der Waals surface area (Å²) in [4.78, 5) is 41.0. The molecule has 0 aliphatic carbocycles. The molecule has 0 bridgehead atoms. The molecule has 1 aliphatic heterocycles. The van der Waals surface area contributed by atoms with E-state index in [2.05, 4.69) is 152 Å². The van der Waals surface area contributed by atoms with Crippen LogP contribution in [0.1, 0.15) is 167 Å². The highest BCUT2D eigenvalue weighted by atomic mass is 32.2. The van der Waals surface area contributed by atoms with E-state index in [0.717, 1.165) is 91.5 Å². The van der Waals surface area contributed by atoms with Crippen LogP contribution in [0.25, 0.3) is 0 Å². The quantitative estimate of drug-likeness (QED) is 0.0161. The SMILES string of the molecule is CCCCN(CCC(OCC)OC(C)=O)C(C)=O.CCCCN(CCCC)CCCNC(N(C)C)=[N+](C)C.CCCCN(CCCC)CCCNS(=O)Oc1ccccc1.CCN(CC)CCN1C=CN(CN(CC)CC)C1. The Morgan fingerprint density at radius 3 is 1.56 bits per heavy atom. The Hall–Kier alpha value is -3.52. The smallest absolute Gasteiger partial charge is 0.347 e. The van der Waals surface area contributed by atoms with Gasteiger partial charge in [0.05, 0.1) is 48.1 Å². The van der Waals surface area contributed by atoms with Crippen molar-refractivity contribution in [2.45, 2.75) is 173 Å². The van der Waals surface area contributed by atoms with Gasteiger partial charge in [-0.05, 0) is 123 Å². The molecular weight excluding hydrogens is 1000 g/mol. The maximum absolute atomic E-state index is 11.8. The Labute approximate surface area is 482 Å². The molecule has 1 amide bonds. The highest BCUT2D eigenvalue weighted by molar-refractivity contribution is 7.78. The molecule has 1 aromatic carbocycles. The van der Waals surface area contributed by atoms with Crippen LogP contribution in [0.2, 0.25) is 0 Å². The van der Waals surface area contributed by atoms with Crippen molar-refractivity contribution in [3.8, 4) is 5.75 Å². The van der Waals surface area contributed by atoms with Gasteiger partial charge in [0, 0.05) is 78.5 Å². The van der Waals surface area contributed by atoms with E-state index in [1.807, 2.05) is 25.1 Å². The molecule has 0 radical (unpaired) electrons. The predicted octanol–water partition coefficient (Wildman–Crippen LogP) is 9.21. The summed E-state index contributed by atoms with van der Waals surface area (Å²) in [7, 11) is 8.32. The van der Waals surface area contributed by atoms with Crippen molar-refractivity contribution in [1.29, 1.82) is 0 Å². The summed E-state index contributed by atoms with van der Waals surface area (Å²) < 4.78 is 32.4. The van der Waals surface area contributed by atoms with E-state index in [-0.39, 0.29) is 11.9 Å². The lowest BCUT2D eigenvalue weighted by Gasteiger charge is -2.28. The van der Waals surface area contributed by atoms with Gasteiger partial charge in [0.15, 0.2) is 0 Å². The van der Waals surface area contributed by atoms with Crippen molar-refractivity contribution in [2.75, 3.05) is 153 Å². The van der Waals surface area contributed by atoms with E-state index in [1.165, 1.54) is 103 Å². The van der Waals surface area contributed by atoms with Crippen LogP contribution >= 0.6 is 0 Å². The summed E-state index contributed by atoms with van der Waals surface area (Å²) in [5, 5.41) is 3.53. The van der Waals surface area contributed by atoms with E-state index in [4.69, 9.17) is 13.7 Å². The van der Waals surface area contributed by atoms with Crippen LogP contribution in [0.3, 0.4) is 0 Å². The Bertz CT molecular complexity index is 1600. The van der Waals surface area contributed by atoms with Gasteiger partial charge in [-0.2, -0.15) is 4.21 Å². The number of hydrogen-bond acceptors (Lipinski definition) is 12. The number of guanidine groups is 1. The molecule has 17 nitrogen and oxygen atoms in total. The number of unbranched alkanes of at least 4 members (excludes halogenated alkanes) is 5. The lowest BCUT2D eigenvalue weighted by Crippen LogP contribution is -2.43. The Balaban J connectivity index is 0. The summed E-state index contributed by atoms with van der Waals surface area (Å²) in [6.07, 6.45) is 18.8. The first kappa shape index (κ1) is 76.5. The van der Waals surface area contributed by atoms with E-state index in [1.54, 1.807) is 24.0 Å². The second-order valence-electron chi connectivity index (χ2n) is 20.3. The van der Waals surface area contributed by atoms with Crippen LogP contribution in [-0.4, -0.2) is 225 Å². The van der Waals surface area contributed by atoms with Gasteiger partial charge in [-0.1, -0.05) is 113 Å². The van der Waals surface area contributed by atoms with Gasteiger partial charge >= 0.3 is 11.9 Å². The van der Waals surface area contributed by atoms with Crippen molar-refractivity contribution in [1.82, 2.24) is 49.2 Å². The van der Waals surface area contributed by atoms with Crippen molar-refractivity contribution >= 4 is 29.1 Å². The molecule has 0 aromatic heterocycles. The first-order chi connectivity index (χ1) is 37.5. The summed E-state index contributed by atoms with van der Waals surface area (Å²) >= 11 is -1.46. The molecule has 1 aliphatic rings. The zero-order valence-electron chi connectivity index (χ0n) is 53.1. The van der Waals surface area contributed by atoms with Gasteiger partial charge in [-0.3, -0.25) is 29.3 Å². The third kappa shape index (κ3) is 43.3. The largest absolute Gasteiger partial charge is 0.436 e. The van der Waals surface area contributed by atoms with Crippen LogP contribution in [0.15, 0.2) is 42.7 Å². The number of ether oxygens (including phenoxy) is 2. The van der Waals surface area contributed by atoms with E-state index < -0.39 is 17.6 Å². The lowest BCUT2D eigenvalue weighted by atomic mass is 10.2. The van der Waals surface area contributed by atoms with Crippen LogP contribution < -0.4 is 14.2 Å². The third-order valence-electron chi connectivity index (χ3n) is 13.1. The minimum Gasteiger partial charge on any atom is -0.436 e. The van der Waals surface area contributed by atoms with Gasteiger partial charge in [0.1, 0.15) is 5.75 Å². The second-order valence-corrected chi connectivity index (χ2v) is 21.2. The number of benzene rings is 1. The molecule has 0 fully saturated rings. The van der Waals surface area contributed by atoms with Gasteiger partial charge in [0.2, 0.25) is 12.2 Å². The summed E-state index contributed by atoms with van der Waals surface area (Å²) in [6, 6.07) is 9.25. The number of amides is 1. The van der Waals surface area contributed by atoms with Crippen LogP contribution in [-0.2, 0) is 30.3 Å². The molecule has 0 saturated carbocycles. The van der Waals surface area contributed by atoms with Crippen molar-refractivity contribution in [3.63, 3.8) is 0 Å². The fourth-order valence-corrected chi connectivity index (χ4v) is 8.95. The number of para-hydroxylation sites is 1. The molecule has 18 heteroatoms. The zero-order chi connectivity index (χ0) is 58.8. The van der Waals surface area contributed by atoms with Crippen LogP contribution in [0, 0.1) is 0 Å². The molecule has 0 saturated heterocycles. The molecule has 2 atom stereocenters. The van der Waals surface area contributed by atoms with E-state index in [0.29, 0.717) is 31.9 Å². The molecule has 1 aromatic rings. The number of nitrogens with one attached hydrogen (secondary N) is 2. The average molecular weight is 1130 g/mol. The number of carbonyl (C=O) groups is 2. The summed E-state index contributed by atoms with van der Waals surface area (Å²) in [5.74, 6) is 1.48. The van der Waals surface area contributed by atoms with Gasteiger partial charge in [0.25, 0.3) is 11.3 Å². The topological polar surface area (TPSA) is 132 Å². The summed E-state index contributed by atoms with van der Waals surface area (Å²) in [5.41, 5.74) is 0. The van der Waals surface area contributed by atoms with Gasteiger partial charge in [-0.25, -0.2) is 4.72 Å². The first-order valence-corrected chi connectivity index (χ1v) is 31.5. The number of likely N-dealkylation sites (N-methyl/N-ethyl adjacent to an activating group) is 1. The Morgan fingerprint density at radius 1 is 0.628 bits per heavy atom. The van der Waals surface area contributed by atoms with Gasteiger partial charge in [-0.15, -0.1) is 0 Å². The Kier molecular flexibility index (Phi) is 51.8.